The monoisotopic (exact) mass is 386 g/mol. The molecule has 150 valence electrons. The summed E-state index contributed by atoms with van der Waals surface area (Å²) in [5.74, 6) is 0.725. The first-order chi connectivity index (χ1) is 13.7. The van der Waals surface area contributed by atoms with Gasteiger partial charge in [-0.2, -0.15) is 0 Å². The average molecular weight is 386 g/mol. The van der Waals surface area contributed by atoms with E-state index in [1.165, 1.54) is 6.26 Å². The van der Waals surface area contributed by atoms with Crippen LogP contribution in [-0.4, -0.2) is 74.5 Å². The highest BCUT2D eigenvalue weighted by Crippen LogP contribution is 2.22. The van der Waals surface area contributed by atoms with Gasteiger partial charge >= 0.3 is 0 Å². The van der Waals surface area contributed by atoms with Gasteiger partial charge in [-0.1, -0.05) is 12.1 Å². The maximum Gasteiger partial charge on any atom is 0.287 e. The number of methoxy groups -OCH3 is 1. The van der Waals surface area contributed by atoms with Gasteiger partial charge in [0.25, 0.3) is 5.91 Å². The predicted molar refractivity (Wildman–Crippen MR) is 106 cm³/mol. The summed E-state index contributed by atoms with van der Waals surface area (Å²) in [4.78, 5) is 28.5. The molecule has 1 aliphatic rings. The number of anilines is 1. The Labute approximate surface area is 164 Å². The highest BCUT2D eigenvalue weighted by atomic mass is 16.5. The van der Waals surface area contributed by atoms with Crippen LogP contribution < -0.4 is 15.4 Å². The molecule has 0 unspecified atom stereocenters. The van der Waals surface area contributed by atoms with E-state index in [2.05, 4.69) is 20.4 Å². The van der Waals surface area contributed by atoms with E-state index in [1.807, 2.05) is 24.3 Å². The molecule has 0 bridgehead atoms. The number of carbonyl (C=O) groups excluding carboxylic acids is 2. The summed E-state index contributed by atoms with van der Waals surface area (Å²) >= 11 is 0. The van der Waals surface area contributed by atoms with Crippen molar-refractivity contribution in [2.45, 2.75) is 0 Å². The fourth-order valence-electron chi connectivity index (χ4n) is 3.13. The number of furan rings is 1. The maximum atomic E-state index is 12.3. The van der Waals surface area contributed by atoms with E-state index in [1.54, 1.807) is 19.2 Å². The molecule has 3 rings (SSSR count). The first kappa shape index (κ1) is 19.9. The number of rotatable bonds is 8. The largest absolute Gasteiger partial charge is 0.495 e. The lowest BCUT2D eigenvalue weighted by Gasteiger charge is -2.34. The summed E-state index contributed by atoms with van der Waals surface area (Å²) in [5.41, 5.74) is 0.681. The van der Waals surface area contributed by atoms with Gasteiger partial charge < -0.3 is 19.8 Å². The Morgan fingerprint density at radius 1 is 1.07 bits per heavy atom. The van der Waals surface area contributed by atoms with E-state index in [4.69, 9.17) is 9.15 Å². The van der Waals surface area contributed by atoms with Crippen molar-refractivity contribution < 1.29 is 18.7 Å². The van der Waals surface area contributed by atoms with Crippen molar-refractivity contribution in [3.63, 3.8) is 0 Å². The Morgan fingerprint density at radius 2 is 1.82 bits per heavy atom. The number of piperazine rings is 1. The van der Waals surface area contributed by atoms with Gasteiger partial charge in [0.15, 0.2) is 5.76 Å². The number of nitrogens with one attached hydrogen (secondary N) is 2. The van der Waals surface area contributed by atoms with Crippen LogP contribution in [-0.2, 0) is 4.79 Å². The van der Waals surface area contributed by atoms with Crippen molar-refractivity contribution in [2.75, 3.05) is 58.2 Å². The number of benzene rings is 1. The van der Waals surface area contributed by atoms with Gasteiger partial charge in [0.1, 0.15) is 5.75 Å². The third-order valence-corrected chi connectivity index (χ3v) is 4.67. The number of amides is 2. The molecule has 0 saturated carbocycles. The Hall–Kier alpha value is -2.84. The first-order valence-electron chi connectivity index (χ1n) is 9.35. The van der Waals surface area contributed by atoms with Crippen LogP contribution in [0.25, 0.3) is 0 Å². The highest BCUT2D eigenvalue weighted by Gasteiger charge is 2.19. The van der Waals surface area contributed by atoms with E-state index in [0.717, 1.165) is 32.7 Å². The number of hydrogen-bond acceptors (Lipinski definition) is 6. The van der Waals surface area contributed by atoms with E-state index < -0.39 is 0 Å². The van der Waals surface area contributed by atoms with Gasteiger partial charge in [-0.15, -0.1) is 0 Å². The molecule has 0 aliphatic carbocycles. The maximum absolute atomic E-state index is 12.3. The SMILES string of the molecule is COc1ccccc1NC(=O)CN1CCN(CCNC(=O)c2ccco2)CC1. The third kappa shape index (κ3) is 5.58. The van der Waals surface area contributed by atoms with Crippen molar-refractivity contribution in [3.8, 4) is 5.75 Å². The second-order valence-electron chi connectivity index (χ2n) is 6.60. The molecule has 1 fully saturated rings. The van der Waals surface area contributed by atoms with Gasteiger partial charge in [0.05, 0.1) is 25.6 Å². The lowest BCUT2D eigenvalue weighted by Crippen LogP contribution is -2.50. The Kier molecular flexibility index (Phi) is 7.05. The molecule has 1 aliphatic heterocycles. The lowest BCUT2D eigenvalue weighted by atomic mass is 10.2. The normalized spacial score (nSPS) is 15.2. The van der Waals surface area contributed by atoms with Gasteiger partial charge in [0, 0.05) is 39.3 Å². The lowest BCUT2D eigenvalue weighted by molar-refractivity contribution is -0.117. The number of carbonyl (C=O) groups is 2. The van der Waals surface area contributed by atoms with Crippen LogP contribution in [0.3, 0.4) is 0 Å². The molecule has 2 heterocycles. The molecular weight excluding hydrogens is 360 g/mol. The topological polar surface area (TPSA) is 87.0 Å². The number of ether oxygens (including phenoxy) is 1. The van der Waals surface area contributed by atoms with Crippen molar-refractivity contribution in [1.82, 2.24) is 15.1 Å². The zero-order chi connectivity index (χ0) is 19.8. The summed E-state index contributed by atoms with van der Waals surface area (Å²) in [6, 6.07) is 10.7. The number of hydrogen-bond donors (Lipinski definition) is 2. The minimum atomic E-state index is -0.198. The van der Waals surface area contributed by atoms with Crippen LogP contribution in [0.5, 0.6) is 5.75 Å². The molecular formula is C20H26N4O4. The molecule has 1 saturated heterocycles. The summed E-state index contributed by atoms with van der Waals surface area (Å²) in [7, 11) is 1.58. The standard InChI is InChI=1S/C20H26N4O4/c1-27-17-6-3-2-5-16(17)22-19(25)15-24-12-10-23(11-13-24)9-8-21-20(26)18-7-4-14-28-18/h2-7,14H,8-13,15H2,1H3,(H,21,26)(H,22,25). The fourth-order valence-corrected chi connectivity index (χ4v) is 3.13. The summed E-state index contributed by atoms with van der Waals surface area (Å²) in [6.45, 7) is 5.02. The smallest absolute Gasteiger partial charge is 0.287 e. The van der Waals surface area contributed by atoms with Crippen LogP contribution in [0.4, 0.5) is 5.69 Å². The quantitative estimate of drug-likeness (QED) is 0.711. The van der Waals surface area contributed by atoms with Crippen LogP contribution in [0.2, 0.25) is 0 Å². The molecule has 8 nitrogen and oxygen atoms in total. The highest BCUT2D eigenvalue weighted by molar-refractivity contribution is 5.93. The molecule has 0 spiro atoms. The van der Waals surface area contributed by atoms with Crippen molar-refractivity contribution >= 4 is 17.5 Å². The third-order valence-electron chi connectivity index (χ3n) is 4.67. The van der Waals surface area contributed by atoms with Crippen LogP contribution in [0, 0.1) is 0 Å². The number of nitrogens with zero attached hydrogens (tertiary/aromatic N) is 2. The first-order valence-corrected chi connectivity index (χ1v) is 9.35. The van der Waals surface area contributed by atoms with Crippen molar-refractivity contribution in [2.24, 2.45) is 0 Å². The van der Waals surface area contributed by atoms with E-state index in [-0.39, 0.29) is 11.8 Å². The van der Waals surface area contributed by atoms with E-state index >= 15 is 0 Å². The minimum absolute atomic E-state index is 0.0522. The minimum Gasteiger partial charge on any atom is -0.495 e. The van der Waals surface area contributed by atoms with Crippen LogP contribution in [0.15, 0.2) is 47.1 Å². The molecule has 2 N–H and O–H groups in total. The fraction of sp³-hybridized carbons (Fsp3) is 0.400. The molecule has 2 amide bonds. The van der Waals surface area contributed by atoms with Crippen LogP contribution >= 0.6 is 0 Å². The van der Waals surface area contributed by atoms with Crippen molar-refractivity contribution in [3.05, 3.63) is 48.4 Å². The van der Waals surface area contributed by atoms with Gasteiger partial charge in [-0.3, -0.25) is 19.4 Å². The summed E-state index contributed by atoms with van der Waals surface area (Å²) < 4.78 is 10.3. The van der Waals surface area contributed by atoms with Crippen molar-refractivity contribution in [1.29, 1.82) is 0 Å². The molecule has 1 aromatic heterocycles. The molecule has 2 aromatic rings. The molecule has 28 heavy (non-hydrogen) atoms. The second kappa shape index (κ2) is 9.91. The zero-order valence-electron chi connectivity index (χ0n) is 16.0. The molecule has 0 radical (unpaired) electrons. The summed E-state index contributed by atoms with van der Waals surface area (Å²) in [5, 5.41) is 5.75. The zero-order valence-corrected chi connectivity index (χ0v) is 16.0. The van der Waals surface area contributed by atoms with Gasteiger partial charge in [-0.05, 0) is 24.3 Å². The Morgan fingerprint density at radius 3 is 2.54 bits per heavy atom. The van der Waals surface area contributed by atoms with Gasteiger partial charge in [0.2, 0.25) is 5.91 Å². The van der Waals surface area contributed by atoms with Gasteiger partial charge in [-0.25, -0.2) is 0 Å². The molecule has 0 atom stereocenters. The summed E-state index contributed by atoms with van der Waals surface area (Å²) in [6.07, 6.45) is 1.48. The van der Waals surface area contributed by atoms with E-state index in [9.17, 15) is 9.59 Å². The number of para-hydroxylation sites is 2. The van der Waals surface area contributed by atoms with Crippen LogP contribution in [0.1, 0.15) is 10.6 Å². The molecule has 8 heteroatoms. The second-order valence-corrected chi connectivity index (χ2v) is 6.60. The Balaban J connectivity index is 1.34. The van der Waals surface area contributed by atoms with E-state index in [0.29, 0.717) is 30.3 Å². The predicted octanol–water partition coefficient (Wildman–Crippen LogP) is 1.27. The average Bonchev–Trinajstić information content (AvgIpc) is 3.24. The molecule has 1 aromatic carbocycles. The Bertz CT molecular complexity index is 770.